The van der Waals surface area contributed by atoms with Crippen molar-refractivity contribution in [1.82, 2.24) is 9.13 Å². The largest absolute Gasteiger partial charge is 0.456 e. The average molecular weight is 931 g/mol. The summed E-state index contributed by atoms with van der Waals surface area (Å²) in [7, 11) is 0. The monoisotopic (exact) mass is 930 g/mol. The van der Waals surface area contributed by atoms with Gasteiger partial charge in [-0.15, -0.1) is 0 Å². The summed E-state index contributed by atoms with van der Waals surface area (Å²) >= 11 is 0. The minimum atomic E-state index is -0.514. The first-order valence-corrected chi connectivity index (χ1v) is 25.5. The Bertz CT molecular complexity index is 4590. The summed E-state index contributed by atoms with van der Waals surface area (Å²) < 4.78 is 11.4. The molecule has 3 heterocycles. The van der Waals surface area contributed by atoms with Crippen molar-refractivity contribution in [1.29, 1.82) is 0 Å². The molecule has 3 heteroatoms. The summed E-state index contributed by atoms with van der Waals surface area (Å²) in [4.78, 5) is 0. The Balaban J connectivity index is 0.953. The molecule has 0 spiro atoms. The third-order valence-electron chi connectivity index (χ3n) is 16.8. The molecule has 14 aromatic rings. The topological polar surface area (TPSA) is 23.0 Å². The van der Waals surface area contributed by atoms with E-state index < -0.39 is 5.41 Å². The Hall–Kier alpha value is -9.18. The van der Waals surface area contributed by atoms with E-state index in [-0.39, 0.29) is 5.41 Å². The van der Waals surface area contributed by atoms with Gasteiger partial charge >= 0.3 is 0 Å². The molecule has 0 aliphatic heterocycles. The van der Waals surface area contributed by atoms with Crippen molar-refractivity contribution in [3.05, 3.63) is 276 Å². The van der Waals surface area contributed by atoms with Gasteiger partial charge in [0.05, 0.1) is 27.5 Å². The Morgan fingerprint density at radius 2 is 0.836 bits per heavy atom. The van der Waals surface area contributed by atoms with Crippen LogP contribution in [0.5, 0.6) is 0 Å². The SMILES string of the molecule is CC1(C)c2ccccc2-c2cc3c4cc(-c5ccc6c(c5)c5cc7c(cc5n6-c5ccccc5)oc5ccccc57)ccc4n(-c4ccc5c(c4)C(c4ccccc4)(c4ccccc4)c4ccccc4-5)c3cc21. The second kappa shape index (κ2) is 14.7. The zero-order chi connectivity index (χ0) is 48.2. The highest BCUT2D eigenvalue weighted by Gasteiger charge is 2.46. The van der Waals surface area contributed by atoms with Crippen molar-refractivity contribution in [2.24, 2.45) is 0 Å². The van der Waals surface area contributed by atoms with Crippen LogP contribution in [0, 0.1) is 0 Å². The summed E-state index contributed by atoms with van der Waals surface area (Å²) in [6, 6.07) is 90.4. The molecule has 3 nitrogen and oxygen atoms in total. The van der Waals surface area contributed by atoms with Crippen molar-refractivity contribution < 1.29 is 4.42 Å². The zero-order valence-corrected chi connectivity index (χ0v) is 40.4. The van der Waals surface area contributed by atoms with Crippen LogP contribution in [0.4, 0.5) is 0 Å². The number of para-hydroxylation sites is 2. The number of aromatic nitrogens is 2. The van der Waals surface area contributed by atoms with E-state index in [2.05, 4.69) is 260 Å². The normalized spacial score (nSPS) is 14.1. The maximum Gasteiger partial charge on any atom is 0.137 e. The fourth-order valence-corrected chi connectivity index (χ4v) is 13.5. The second-order valence-corrected chi connectivity index (χ2v) is 20.8. The van der Waals surface area contributed by atoms with Gasteiger partial charge in [0.25, 0.3) is 0 Å². The number of hydrogen-bond acceptors (Lipinski definition) is 1. The van der Waals surface area contributed by atoms with Gasteiger partial charge in [-0.1, -0.05) is 178 Å². The number of hydrogen-bond donors (Lipinski definition) is 0. The number of nitrogens with zero attached hydrogens (tertiary/aromatic N) is 2. The van der Waals surface area contributed by atoms with Crippen molar-refractivity contribution >= 4 is 65.6 Å². The van der Waals surface area contributed by atoms with Crippen LogP contribution in [0.2, 0.25) is 0 Å². The molecule has 2 aliphatic rings. The van der Waals surface area contributed by atoms with Crippen molar-refractivity contribution in [3.63, 3.8) is 0 Å². The first-order valence-electron chi connectivity index (χ1n) is 25.5. The van der Waals surface area contributed by atoms with Gasteiger partial charge in [0.2, 0.25) is 0 Å². The number of rotatable bonds is 5. The van der Waals surface area contributed by atoms with Gasteiger partial charge in [0, 0.05) is 55.2 Å². The van der Waals surface area contributed by atoms with E-state index in [1.807, 2.05) is 6.07 Å². The van der Waals surface area contributed by atoms with Gasteiger partial charge in [0.1, 0.15) is 11.2 Å². The van der Waals surface area contributed by atoms with Gasteiger partial charge in [0.15, 0.2) is 0 Å². The van der Waals surface area contributed by atoms with Crippen molar-refractivity contribution in [2.75, 3.05) is 0 Å². The molecule has 16 rings (SSSR count). The molecule has 0 amide bonds. The third-order valence-corrected chi connectivity index (χ3v) is 16.8. The predicted molar refractivity (Wildman–Crippen MR) is 303 cm³/mol. The van der Waals surface area contributed by atoms with Crippen molar-refractivity contribution in [3.8, 4) is 44.8 Å². The van der Waals surface area contributed by atoms with Crippen LogP contribution in [-0.4, -0.2) is 9.13 Å². The van der Waals surface area contributed by atoms with Crippen LogP contribution in [0.25, 0.3) is 110 Å². The predicted octanol–water partition coefficient (Wildman–Crippen LogP) is 18.1. The highest BCUT2D eigenvalue weighted by atomic mass is 16.3. The first kappa shape index (κ1) is 40.5. The second-order valence-electron chi connectivity index (χ2n) is 20.8. The van der Waals surface area contributed by atoms with E-state index in [1.54, 1.807) is 0 Å². The summed E-state index contributed by atoms with van der Waals surface area (Å²) in [5, 5.41) is 7.16. The van der Waals surface area contributed by atoms with Gasteiger partial charge in [-0.2, -0.15) is 0 Å². The molecular weight excluding hydrogens is 885 g/mol. The highest BCUT2D eigenvalue weighted by Crippen LogP contribution is 2.57. The highest BCUT2D eigenvalue weighted by molar-refractivity contribution is 6.18. The fraction of sp³-hybridized carbons (Fsp3) is 0.0571. The Morgan fingerprint density at radius 1 is 0.301 bits per heavy atom. The molecule has 0 saturated heterocycles. The molecule has 0 N–H and O–H groups in total. The van der Waals surface area contributed by atoms with Crippen LogP contribution < -0.4 is 0 Å². The number of fused-ring (bicyclic) bond motifs is 15. The van der Waals surface area contributed by atoms with Crippen molar-refractivity contribution in [2.45, 2.75) is 24.7 Å². The number of furan rings is 1. The maximum atomic E-state index is 6.48. The molecule has 2 aliphatic carbocycles. The zero-order valence-electron chi connectivity index (χ0n) is 40.4. The molecule has 0 radical (unpaired) electrons. The van der Waals surface area contributed by atoms with Gasteiger partial charge in [-0.3, -0.25) is 0 Å². The maximum absolute atomic E-state index is 6.48. The van der Waals surface area contributed by atoms with E-state index >= 15 is 0 Å². The summed E-state index contributed by atoms with van der Waals surface area (Å²) in [5.41, 5.74) is 23.5. The summed E-state index contributed by atoms with van der Waals surface area (Å²) in [5.74, 6) is 0. The molecule has 342 valence electrons. The molecule has 73 heavy (non-hydrogen) atoms. The van der Waals surface area contributed by atoms with Gasteiger partial charge in [-0.25, -0.2) is 0 Å². The van der Waals surface area contributed by atoms with Crippen LogP contribution in [-0.2, 0) is 10.8 Å². The van der Waals surface area contributed by atoms with E-state index in [0.29, 0.717) is 0 Å². The Kier molecular flexibility index (Phi) is 8.16. The smallest absolute Gasteiger partial charge is 0.137 e. The molecule has 3 aromatic heterocycles. The van der Waals surface area contributed by atoms with E-state index in [0.717, 1.165) is 44.3 Å². The lowest BCUT2D eigenvalue weighted by atomic mass is 9.67. The minimum absolute atomic E-state index is 0.162. The molecule has 0 saturated carbocycles. The quantitative estimate of drug-likeness (QED) is 0.169. The third kappa shape index (κ3) is 5.43. The standard InChI is InChI=1S/C70H46N2O/c1-69(2)59-27-15-12-25-50(59)53-39-56-54-36-44(43-30-34-63-55(37-43)57-40-58-52-26-14-17-29-67(52)73-68(58)42-66(57)71(63)47-22-10-5-11-23-47)31-35-64(54)72(65(56)41-61(53)69)48-32-33-51-49-24-13-16-28-60(49)70(62(51)38-48,45-18-6-3-7-19-45)46-20-8-4-9-21-46/h3-42H,1-2H3. The minimum Gasteiger partial charge on any atom is -0.456 e. The van der Waals surface area contributed by atoms with E-state index in [4.69, 9.17) is 4.42 Å². The van der Waals surface area contributed by atoms with Gasteiger partial charge < -0.3 is 13.6 Å². The fourth-order valence-electron chi connectivity index (χ4n) is 13.5. The van der Waals surface area contributed by atoms with E-state index in [9.17, 15) is 0 Å². The van der Waals surface area contributed by atoms with E-state index in [1.165, 1.54) is 99.3 Å². The van der Waals surface area contributed by atoms with Crippen LogP contribution in [0.3, 0.4) is 0 Å². The van der Waals surface area contributed by atoms with Gasteiger partial charge in [-0.05, 0) is 140 Å². The Labute approximate surface area is 422 Å². The molecule has 0 atom stereocenters. The molecule has 0 fully saturated rings. The van der Waals surface area contributed by atoms with Crippen LogP contribution in [0.1, 0.15) is 47.2 Å². The molecule has 0 bridgehead atoms. The number of benzene rings is 11. The molecule has 0 unspecified atom stereocenters. The lowest BCUT2D eigenvalue weighted by Crippen LogP contribution is -2.28. The lowest BCUT2D eigenvalue weighted by molar-refractivity contribution is 0.661. The first-order chi connectivity index (χ1) is 35.9. The van der Waals surface area contributed by atoms with Crippen LogP contribution in [0.15, 0.2) is 247 Å². The van der Waals surface area contributed by atoms with Crippen LogP contribution >= 0.6 is 0 Å². The Morgan fingerprint density at radius 3 is 1.53 bits per heavy atom. The summed E-state index contributed by atoms with van der Waals surface area (Å²) in [6.45, 7) is 4.78. The average Bonchev–Trinajstić information content (AvgIpc) is 4.26. The molecule has 11 aromatic carbocycles. The lowest BCUT2D eigenvalue weighted by Gasteiger charge is -2.34. The summed E-state index contributed by atoms with van der Waals surface area (Å²) in [6.07, 6.45) is 0. The molecular formula is C70H46N2O.